The number of carbonyl (C=O) groups is 3. The van der Waals surface area contributed by atoms with E-state index in [0.29, 0.717) is 30.6 Å². The van der Waals surface area contributed by atoms with Gasteiger partial charge in [0.05, 0.1) is 5.92 Å². The van der Waals surface area contributed by atoms with Gasteiger partial charge in [-0.25, -0.2) is 0 Å². The lowest BCUT2D eigenvalue weighted by Gasteiger charge is -2.58. The zero-order valence-corrected chi connectivity index (χ0v) is 55.5. The number of carbonyl (C=O) groups excluding carboxylic acids is 3. The number of fused-ring (bicyclic) bond motifs is 5. The van der Waals surface area contributed by atoms with E-state index in [1.165, 1.54) is 250 Å². The number of ether oxygens (including phenoxy) is 1. The molecular formula is C77H138O4. The standard InChI is InChI=1S/C77H138O4/c1-8-11-14-17-20-23-26-29-30-33-36-39-42-45-48-54-74(80)81-67-59-61-76(6)66(63-67)55-56-68-70-58-57-69(77(70,7)62-60-71(68)76)64(4)50-49-51-65(5)75(72(78)52-46-43-40-37-34-31-27-24-21-18-15-12-9-2)73(79)53-47-44-41-38-35-32-28-25-22-19-16-13-10-3/h29-30,55,64-65,67-71,75H,8-28,31-54,56-63H2,1-7H3/b30-29-/t64-,65?,67+,68+,69-,70+,71+,76+,77-/m1/s1. The van der Waals surface area contributed by atoms with Crippen LogP contribution in [0.2, 0.25) is 0 Å². The van der Waals surface area contributed by atoms with E-state index in [0.717, 1.165) is 94.3 Å². The number of ketones is 2. The van der Waals surface area contributed by atoms with Crippen molar-refractivity contribution in [1.82, 2.24) is 0 Å². The molecule has 0 spiro atoms. The van der Waals surface area contributed by atoms with Crippen molar-refractivity contribution in [3.05, 3.63) is 23.8 Å². The molecule has 4 rings (SSSR count). The van der Waals surface area contributed by atoms with E-state index < -0.39 is 5.92 Å². The maximum absolute atomic E-state index is 14.1. The predicted molar refractivity (Wildman–Crippen MR) is 351 cm³/mol. The van der Waals surface area contributed by atoms with Crippen molar-refractivity contribution >= 4 is 17.5 Å². The van der Waals surface area contributed by atoms with Gasteiger partial charge >= 0.3 is 5.97 Å². The van der Waals surface area contributed by atoms with Crippen LogP contribution in [-0.2, 0) is 19.1 Å². The summed E-state index contributed by atoms with van der Waals surface area (Å²) in [5.74, 6) is 4.07. The Labute approximate surface area is 505 Å². The number of Topliss-reactive ketones (excluding diaryl/α,β-unsaturated/α-hetero) is 2. The average Bonchev–Trinajstić information content (AvgIpc) is 2.67. The number of esters is 1. The fourth-order valence-electron chi connectivity index (χ4n) is 17.2. The third-order valence-electron chi connectivity index (χ3n) is 22.4. The van der Waals surface area contributed by atoms with Crippen molar-refractivity contribution in [1.29, 1.82) is 0 Å². The minimum absolute atomic E-state index is 0.0340. The molecule has 4 nitrogen and oxygen atoms in total. The molecule has 0 aromatic rings. The molecule has 0 heterocycles. The molecule has 4 aliphatic carbocycles. The Kier molecular flexibility index (Phi) is 38.8. The Morgan fingerprint density at radius 2 is 0.926 bits per heavy atom. The van der Waals surface area contributed by atoms with Crippen LogP contribution < -0.4 is 0 Å². The number of hydrogen-bond donors (Lipinski definition) is 0. The number of allylic oxidation sites excluding steroid dienone is 3. The van der Waals surface area contributed by atoms with Crippen molar-refractivity contribution in [3.63, 3.8) is 0 Å². The molecule has 0 aromatic heterocycles. The second kappa shape index (κ2) is 43.8. The number of hydrogen-bond acceptors (Lipinski definition) is 4. The van der Waals surface area contributed by atoms with Gasteiger partial charge in [-0.1, -0.05) is 291 Å². The Bertz CT molecular complexity index is 1630. The van der Waals surface area contributed by atoms with Gasteiger partial charge in [-0.3, -0.25) is 14.4 Å². The van der Waals surface area contributed by atoms with Crippen molar-refractivity contribution < 1.29 is 19.1 Å². The zero-order valence-electron chi connectivity index (χ0n) is 55.5. The Morgan fingerprint density at radius 1 is 0.494 bits per heavy atom. The van der Waals surface area contributed by atoms with Crippen LogP contribution in [0.15, 0.2) is 23.8 Å². The second-order valence-electron chi connectivity index (χ2n) is 29.0. The molecule has 470 valence electrons. The van der Waals surface area contributed by atoms with E-state index in [9.17, 15) is 14.4 Å². The van der Waals surface area contributed by atoms with Crippen molar-refractivity contribution in [2.75, 3.05) is 0 Å². The van der Waals surface area contributed by atoms with E-state index >= 15 is 0 Å². The van der Waals surface area contributed by atoms with E-state index in [4.69, 9.17) is 4.74 Å². The van der Waals surface area contributed by atoms with Gasteiger partial charge in [-0.15, -0.1) is 0 Å². The summed E-state index contributed by atoms with van der Waals surface area (Å²) in [6.07, 6.45) is 73.0. The molecule has 0 N–H and O–H groups in total. The van der Waals surface area contributed by atoms with Crippen LogP contribution in [0, 0.1) is 52.3 Å². The molecule has 81 heavy (non-hydrogen) atoms. The molecule has 0 bridgehead atoms. The van der Waals surface area contributed by atoms with Crippen molar-refractivity contribution in [2.45, 2.75) is 395 Å². The molecule has 0 aromatic carbocycles. The van der Waals surface area contributed by atoms with E-state index in [1.54, 1.807) is 5.57 Å². The quantitative estimate of drug-likeness (QED) is 0.0264. The average molecular weight is 1130 g/mol. The largest absolute Gasteiger partial charge is 0.462 e. The molecule has 0 amide bonds. The fourth-order valence-corrected chi connectivity index (χ4v) is 17.2. The lowest BCUT2D eigenvalue weighted by atomic mass is 9.47. The first-order chi connectivity index (χ1) is 39.5. The molecule has 3 saturated carbocycles. The van der Waals surface area contributed by atoms with E-state index in [-0.39, 0.29) is 35.0 Å². The van der Waals surface area contributed by atoms with Gasteiger partial charge in [0.25, 0.3) is 0 Å². The molecule has 4 heteroatoms. The molecule has 1 unspecified atom stereocenters. The smallest absolute Gasteiger partial charge is 0.306 e. The SMILES string of the molecule is CCCCCCCC/C=C\CCCCCCCC(=O)O[C@H]1CC[C@@]2(C)C(=CC[C@H]3[C@@H]4CC[C@H]([C@H](C)CCCC(C)C(C(=O)CCCCCCCCCCCCCCC)C(=O)CCCCCCCCCCCCCCC)[C@@]4(C)CC[C@@H]32)C1. The Balaban J connectivity index is 1.17. The maximum Gasteiger partial charge on any atom is 0.306 e. The monoisotopic (exact) mass is 1130 g/mol. The second-order valence-corrected chi connectivity index (χ2v) is 29.0. The van der Waals surface area contributed by atoms with E-state index in [1.807, 2.05) is 0 Å². The van der Waals surface area contributed by atoms with Gasteiger partial charge in [0, 0.05) is 25.7 Å². The number of unbranched alkanes of at least 4 members (excludes halogenated alkanes) is 35. The van der Waals surface area contributed by atoms with Gasteiger partial charge in [0.15, 0.2) is 0 Å². The number of rotatable bonds is 52. The van der Waals surface area contributed by atoms with Crippen LogP contribution in [-0.4, -0.2) is 23.6 Å². The summed E-state index contributed by atoms with van der Waals surface area (Å²) in [7, 11) is 0. The van der Waals surface area contributed by atoms with Crippen LogP contribution >= 0.6 is 0 Å². The van der Waals surface area contributed by atoms with Gasteiger partial charge in [0.2, 0.25) is 0 Å². The summed E-state index contributed by atoms with van der Waals surface area (Å²) in [5.41, 5.74) is 2.26. The van der Waals surface area contributed by atoms with Crippen molar-refractivity contribution in [2.24, 2.45) is 52.3 Å². The summed E-state index contributed by atoms with van der Waals surface area (Å²) in [4.78, 5) is 41.3. The Hall–Kier alpha value is -1.71. The normalized spacial score (nSPS) is 24.2. The summed E-state index contributed by atoms with van der Waals surface area (Å²) in [5, 5.41) is 0. The highest BCUT2D eigenvalue weighted by Gasteiger charge is 2.59. The lowest BCUT2D eigenvalue weighted by Crippen LogP contribution is -2.51. The third kappa shape index (κ3) is 27.3. The summed E-state index contributed by atoms with van der Waals surface area (Å²) < 4.78 is 6.22. The molecule has 0 aliphatic heterocycles. The highest BCUT2D eigenvalue weighted by Crippen LogP contribution is 2.67. The molecule has 4 aliphatic rings. The van der Waals surface area contributed by atoms with Crippen LogP contribution in [0.25, 0.3) is 0 Å². The van der Waals surface area contributed by atoms with Gasteiger partial charge in [0.1, 0.15) is 17.7 Å². The fraction of sp³-hybridized carbons (Fsp3) is 0.909. The minimum atomic E-state index is -0.395. The summed E-state index contributed by atoms with van der Waals surface area (Å²) in [6, 6.07) is 0. The maximum atomic E-state index is 14.1. The highest BCUT2D eigenvalue weighted by molar-refractivity contribution is 6.02. The van der Waals surface area contributed by atoms with Crippen LogP contribution in [0.4, 0.5) is 0 Å². The molecule has 0 radical (unpaired) electrons. The first-order valence-corrected chi connectivity index (χ1v) is 37.1. The van der Waals surface area contributed by atoms with E-state index in [2.05, 4.69) is 66.7 Å². The van der Waals surface area contributed by atoms with Crippen LogP contribution in [0.5, 0.6) is 0 Å². The van der Waals surface area contributed by atoms with Gasteiger partial charge in [-0.2, -0.15) is 0 Å². The molecule has 3 fully saturated rings. The first kappa shape index (κ1) is 71.8. The molecular weight excluding hydrogens is 989 g/mol. The Morgan fingerprint density at radius 3 is 1.40 bits per heavy atom. The molecule has 0 saturated heterocycles. The third-order valence-corrected chi connectivity index (χ3v) is 22.4. The molecule has 9 atom stereocenters. The summed E-state index contributed by atoms with van der Waals surface area (Å²) in [6.45, 7) is 17.0. The van der Waals surface area contributed by atoms with Gasteiger partial charge < -0.3 is 4.74 Å². The topological polar surface area (TPSA) is 60.4 Å². The summed E-state index contributed by atoms with van der Waals surface area (Å²) >= 11 is 0. The van der Waals surface area contributed by atoms with Crippen LogP contribution in [0.1, 0.15) is 389 Å². The minimum Gasteiger partial charge on any atom is -0.462 e. The lowest BCUT2D eigenvalue weighted by molar-refractivity contribution is -0.151. The van der Waals surface area contributed by atoms with Crippen molar-refractivity contribution in [3.8, 4) is 0 Å². The van der Waals surface area contributed by atoms with Crippen LogP contribution in [0.3, 0.4) is 0 Å². The highest BCUT2D eigenvalue weighted by atomic mass is 16.5. The predicted octanol–water partition coefficient (Wildman–Crippen LogP) is 24.7. The first-order valence-electron chi connectivity index (χ1n) is 37.1. The zero-order chi connectivity index (χ0) is 58.2. The van der Waals surface area contributed by atoms with Gasteiger partial charge in [-0.05, 0) is 143 Å².